The molecule has 4 nitrogen and oxygen atoms in total. The third kappa shape index (κ3) is 1.61. The van der Waals surface area contributed by atoms with Gasteiger partial charge in [0.2, 0.25) is 0 Å². The van der Waals surface area contributed by atoms with Gasteiger partial charge in [-0.15, -0.1) is 11.3 Å². The zero-order valence-electron chi connectivity index (χ0n) is 9.27. The molecule has 82 valence electrons. The predicted molar refractivity (Wildman–Crippen MR) is 64.5 cm³/mol. The summed E-state index contributed by atoms with van der Waals surface area (Å²) in [5.74, 6) is 0.999. The van der Waals surface area contributed by atoms with Crippen LogP contribution in [0.25, 0.3) is 4.96 Å². The molecule has 0 spiro atoms. The maximum Gasteiger partial charge on any atom is 0.195 e. The van der Waals surface area contributed by atoms with Crippen molar-refractivity contribution in [2.24, 2.45) is 5.73 Å². The van der Waals surface area contributed by atoms with Gasteiger partial charge in [0.05, 0.1) is 5.69 Å². The average molecular weight is 224 g/mol. The van der Waals surface area contributed by atoms with Crippen LogP contribution in [-0.2, 0) is 6.54 Å². The van der Waals surface area contributed by atoms with Gasteiger partial charge < -0.3 is 10.6 Å². The van der Waals surface area contributed by atoms with Gasteiger partial charge in [0.1, 0.15) is 0 Å². The molecule has 0 atom stereocenters. The van der Waals surface area contributed by atoms with Crippen molar-refractivity contribution in [2.75, 3.05) is 11.9 Å². The van der Waals surface area contributed by atoms with Crippen LogP contribution in [0.1, 0.15) is 19.5 Å². The fourth-order valence-corrected chi connectivity index (χ4v) is 2.27. The van der Waals surface area contributed by atoms with Crippen LogP contribution in [0.2, 0.25) is 0 Å². The average Bonchev–Trinajstić information content (AvgIpc) is 2.74. The van der Waals surface area contributed by atoms with Gasteiger partial charge in [0, 0.05) is 31.2 Å². The summed E-state index contributed by atoms with van der Waals surface area (Å²) in [5.41, 5.74) is 6.86. The van der Waals surface area contributed by atoms with Gasteiger partial charge in [-0.05, 0) is 13.8 Å². The first-order valence-electron chi connectivity index (χ1n) is 5.02. The Morgan fingerprint density at radius 2 is 2.33 bits per heavy atom. The number of rotatable bonds is 3. The maximum absolute atomic E-state index is 5.78. The minimum Gasteiger partial charge on any atom is -0.356 e. The summed E-state index contributed by atoms with van der Waals surface area (Å²) in [5, 5.41) is 2.03. The number of nitrogens with zero attached hydrogens (tertiary/aromatic N) is 3. The van der Waals surface area contributed by atoms with Crippen molar-refractivity contribution in [3.8, 4) is 0 Å². The molecule has 5 heteroatoms. The molecule has 15 heavy (non-hydrogen) atoms. The molecule has 2 aromatic heterocycles. The minimum absolute atomic E-state index is 0.430. The molecule has 0 bridgehead atoms. The second kappa shape index (κ2) is 3.83. The zero-order valence-corrected chi connectivity index (χ0v) is 10.1. The Morgan fingerprint density at radius 3 is 2.93 bits per heavy atom. The van der Waals surface area contributed by atoms with Crippen molar-refractivity contribution >= 4 is 22.1 Å². The van der Waals surface area contributed by atoms with Gasteiger partial charge in [-0.3, -0.25) is 4.40 Å². The molecule has 0 aliphatic heterocycles. The number of fused-ring (bicyclic) bond motifs is 1. The van der Waals surface area contributed by atoms with E-state index in [1.165, 1.54) is 0 Å². The molecule has 0 unspecified atom stereocenters. The summed E-state index contributed by atoms with van der Waals surface area (Å²) in [6.07, 6.45) is 2.02. The number of imidazole rings is 1. The summed E-state index contributed by atoms with van der Waals surface area (Å²) in [6.45, 7) is 4.81. The second-order valence-corrected chi connectivity index (χ2v) is 4.72. The summed E-state index contributed by atoms with van der Waals surface area (Å²) < 4.78 is 2.07. The Balaban J connectivity index is 2.54. The van der Waals surface area contributed by atoms with E-state index in [1.807, 2.05) is 11.6 Å². The number of hydrogen-bond acceptors (Lipinski definition) is 4. The van der Waals surface area contributed by atoms with Crippen molar-refractivity contribution in [3.63, 3.8) is 0 Å². The molecule has 2 N–H and O–H groups in total. The lowest BCUT2D eigenvalue weighted by atomic mass is 10.3. The lowest BCUT2D eigenvalue weighted by Crippen LogP contribution is -2.27. The van der Waals surface area contributed by atoms with Crippen LogP contribution in [0.3, 0.4) is 0 Å². The predicted octanol–water partition coefficient (Wildman–Crippen LogP) is 1.70. The van der Waals surface area contributed by atoms with E-state index in [-0.39, 0.29) is 0 Å². The first-order chi connectivity index (χ1) is 7.15. The number of aromatic nitrogens is 2. The van der Waals surface area contributed by atoms with Gasteiger partial charge in [0.15, 0.2) is 10.8 Å². The molecule has 2 aromatic rings. The molecule has 0 saturated carbocycles. The van der Waals surface area contributed by atoms with Gasteiger partial charge in [0.25, 0.3) is 0 Å². The first-order valence-corrected chi connectivity index (χ1v) is 5.90. The highest BCUT2D eigenvalue weighted by Gasteiger charge is 2.16. The number of thiazole rings is 1. The normalized spacial score (nSPS) is 11.5. The summed E-state index contributed by atoms with van der Waals surface area (Å²) >= 11 is 1.64. The van der Waals surface area contributed by atoms with Gasteiger partial charge in [-0.1, -0.05) is 0 Å². The molecule has 0 radical (unpaired) electrons. The Morgan fingerprint density at radius 1 is 1.60 bits per heavy atom. The Bertz CT molecular complexity index is 457. The smallest absolute Gasteiger partial charge is 0.195 e. The summed E-state index contributed by atoms with van der Waals surface area (Å²) in [4.78, 5) is 7.76. The molecular formula is C10H16N4S. The van der Waals surface area contributed by atoms with Crippen LogP contribution < -0.4 is 10.6 Å². The molecule has 2 heterocycles. The van der Waals surface area contributed by atoms with E-state index >= 15 is 0 Å². The summed E-state index contributed by atoms with van der Waals surface area (Å²) in [7, 11) is 2.05. The van der Waals surface area contributed by atoms with Crippen LogP contribution >= 0.6 is 11.3 Å². The fraction of sp³-hybridized carbons (Fsp3) is 0.500. The number of nitrogens with two attached hydrogens (primary N) is 1. The van der Waals surface area contributed by atoms with Crippen LogP contribution in [0.5, 0.6) is 0 Å². The van der Waals surface area contributed by atoms with Crippen LogP contribution in [0.15, 0.2) is 11.6 Å². The Kier molecular flexibility index (Phi) is 2.67. The molecule has 0 aliphatic carbocycles. The standard InChI is InChI=1S/C10H16N4S/c1-7(2)13(3)9-8(6-11)14-4-5-15-10(14)12-9/h4-5,7H,6,11H2,1-3H3. The van der Waals surface area contributed by atoms with Crippen molar-refractivity contribution in [1.29, 1.82) is 0 Å². The summed E-state index contributed by atoms with van der Waals surface area (Å²) in [6, 6.07) is 0.430. The van der Waals surface area contributed by atoms with E-state index in [9.17, 15) is 0 Å². The quantitative estimate of drug-likeness (QED) is 0.863. The molecule has 0 aliphatic rings. The molecule has 2 rings (SSSR count). The maximum atomic E-state index is 5.78. The molecular weight excluding hydrogens is 208 g/mol. The fourth-order valence-electron chi connectivity index (χ4n) is 1.54. The third-order valence-corrected chi connectivity index (χ3v) is 3.40. The third-order valence-electron chi connectivity index (χ3n) is 2.64. The van der Waals surface area contributed by atoms with E-state index < -0.39 is 0 Å². The minimum atomic E-state index is 0.430. The monoisotopic (exact) mass is 224 g/mol. The number of hydrogen-bond donors (Lipinski definition) is 1. The van der Waals surface area contributed by atoms with Gasteiger partial charge in [-0.2, -0.15) is 0 Å². The Hall–Kier alpha value is -1.07. The van der Waals surface area contributed by atoms with E-state index in [1.54, 1.807) is 11.3 Å². The van der Waals surface area contributed by atoms with Crippen molar-refractivity contribution in [1.82, 2.24) is 9.38 Å². The SMILES string of the molecule is CC(C)N(C)c1nc2sccn2c1CN. The van der Waals surface area contributed by atoms with Crippen molar-refractivity contribution in [3.05, 3.63) is 17.3 Å². The largest absolute Gasteiger partial charge is 0.356 e. The second-order valence-electron chi connectivity index (χ2n) is 3.85. The van der Waals surface area contributed by atoms with Crippen LogP contribution in [0, 0.1) is 0 Å². The lowest BCUT2D eigenvalue weighted by molar-refractivity contribution is 0.738. The molecule has 0 amide bonds. The zero-order chi connectivity index (χ0) is 11.0. The van der Waals surface area contributed by atoms with E-state index in [2.05, 4.69) is 35.2 Å². The van der Waals surface area contributed by atoms with Gasteiger partial charge >= 0.3 is 0 Å². The van der Waals surface area contributed by atoms with Crippen LogP contribution in [-0.4, -0.2) is 22.5 Å². The van der Waals surface area contributed by atoms with Crippen molar-refractivity contribution < 1.29 is 0 Å². The first kappa shape index (κ1) is 10.4. The van der Waals surface area contributed by atoms with Crippen LogP contribution in [0.4, 0.5) is 5.82 Å². The topological polar surface area (TPSA) is 46.6 Å². The molecule has 0 aromatic carbocycles. The highest BCUT2D eigenvalue weighted by molar-refractivity contribution is 7.15. The Labute approximate surface area is 93.3 Å². The number of anilines is 1. The lowest BCUT2D eigenvalue weighted by Gasteiger charge is -2.22. The van der Waals surface area contributed by atoms with Gasteiger partial charge in [-0.25, -0.2) is 4.98 Å². The molecule has 0 saturated heterocycles. The molecule has 0 fully saturated rings. The van der Waals surface area contributed by atoms with E-state index in [0.29, 0.717) is 12.6 Å². The highest BCUT2D eigenvalue weighted by Crippen LogP contribution is 2.24. The van der Waals surface area contributed by atoms with E-state index in [0.717, 1.165) is 16.5 Å². The van der Waals surface area contributed by atoms with Crippen molar-refractivity contribution in [2.45, 2.75) is 26.4 Å². The highest BCUT2D eigenvalue weighted by atomic mass is 32.1. The van der Waals surface area contributed by atoms with E-state index in [4.69, 9.17) is 5.73 Å².